The number of ether oxygens (including phenoxy) is 3. The Morgan fingerprint density at radius 3 is 2.87 bits per heavy atom. The fraction of sp³-hybridized carbons (Fsp3) is 0.458. The van der Waals surface area contributed by atoms with Gasteiger partial charge in [-0.3, -0.25) is 4.79 Å². The van der Waals surface area contributed by atoms with E-state index >= 15 is 0 Å². The highest BCUT2D eigenvalue weighted by Gasteiger charge is 2.33. The molecule has 0 spiro atoms. The molecule has 1 atom stereocenters. The molecule has 4 rings (SSSR count). The molecule has 0 saturated heterocycles. The van der Waals surface area contributed by atoms with E-state index in [1.165, 1.54) is 5.56 Å². The summed E-state index contributed by atoms with van der Waals surface area (Å²) in [5, 5.41) is 9.88. The zero-order chi connectivity index (χ0) is 21.4. The van der Waals surface area contributed by atoms with Gasteiger partial charge >= 0.3 is 0 Å². The average molecular weight is 411 g/mol. The fourth-order valence-electron chi connectivity index (χ4n) is 4.50. The van der Waals surface area contributed by atoms with Gasteiger partial charge in [-0.25, -0.2) is 0 Å². The van der Waals surface area contributed by atoms with Gasteiger partial charge in [0, 0.05) is 56.0 Å². The number of benzene rings is 1. The molecule has 2 aliphatic heterocycles. The normalized spacial score (nSPS) is 16.6. The summed E-state index contributed by atoms with van der Waals surface area (Å²) >= 11 is 0. The summed E-state index contributed by atoms with van der Waals surface area (Å²) in [5.41, 5.74) is 4.24. The van der Waals surface area contributed by atoms with Crippen molar-refractivity contribution in [3.8, 4) is 22.8 Å². The van der Waals surface area contributed by atoms with Crippen molar-refractivity contribution >= 4 is 5.76 Å². The van der Waals surface area contributed by atoms with Gasteiger partial charge in [0.25, 0.3) is 0 Å². The smallest absolute Gasteiger partial charge is 0.193 e. The van der Waals surface area contributed by atoms with Crippen molar-refractivity contribution in [1.29, 1.82) is 0 Å². The van der Waals surface area contributed by atoms with E-state index in [1.54, 1.807) is 19.4 Å². The molecule has 6 heteroatoms. The first-order valence-corrected chi connectivity index (χ1v) is 10.5. The topological polar surface area (TPSA) is 69.9 Å². The van der Waals surface area contributed by atoms with Crippen LogP contribution in [0.3, 0.4) is 0 Å². The van der Waals surface area contributed by atoms with Crippen molar-refractivity contribution in [2.75, 3.05) is 26.9 Å². The third-order valence-electron chi connectivity index (χ3n) is 5.98. The second-order valence-electron chi connectivity index (χ2n) is 8.32. The molecule has 0 bridgehead atoms. The number of methoxy groups -OCH3 is 1. The summed E-state index contributed by atoms with van der Waals surface area (Å²) in [7, 11) is 1.68. The molecule has 0 unspecified atom stereocenters. The predicted molar refractivity (Wildman–Crippen MR) is 117 cm³/mol. The van der Waals surface area contributed by atoms with Crippen LogP contribution in [0.2, 0.25) is 0 Å². The van der Waals surface area contributed by atoms with Crippen LogP contribution in [0.5, 0.6) is 11.5 Å². The fourth-order valence-corrected chi connectivity index (χ4v) is 4.50. The van der Waals surface area contributed by atoms with Gasteiger partial charge in [0.1, 0.15) is 5.76 Å². The summed E-state index contributed by atoms with van der Waals surface area (Å²) in [5.74, 6) is 1.70. The molecule has 0 radical (unpaired) electrons. The lowest BCUT2D eigenvalue weighted by molar-refractivity contribution is 0.170. The minimum absolute atomic E-state index is 0.160. The Labute approximate surface area is 176 Å². The van der Waals surface area contributed by atoms with E-state index in [-0.39, 0.29) is 22.8 Å². The van der Waals surface area contributed by atoms with Crippen molar-refractivity contribution in [1.82, 2.24) is 4.57 Å². The molecule has 3 heterocycles. The van der Waals surface area contributed by atoms with E-state index in [0.717, 1.165) is 47.6 Å². The van der Waals surface area contributed by atoms with Gasteiger partial charge in [0.05, 0.1) is 24.5 Å². The number of aliphatic hydroxyl groups is 1. The molecule has 6 nitrogen and oxygen atoms in total. The number of fused-ring (bicyclic) bond motifs is 5. The number of hydrogen-bond acceptors (Lipinski definition) is 5. The van der Waals surface area contributed by atoms with Crippen LogP contribution in [0.1, 0.15) is 43.0 Å². The van der Waals surface area contributed by atoms with Gasteiger partial charge in [-0.2, -0.15) is 0 Å². The highest BCUT2D eigenvalue weighted by molar-refractivity contribution is 5.77. The molecule has 0 fully saturated rings. The summed E-state index contributed by atoms with van der Waals surface area (Å²) in [6.45, 7) is 9.71. The molecule has 2 aliphatic rings. The van der Waals surface area contributed by atoms with Crippen LogP contribution in [0.15, 0.2) is 29.7 Å². The Balaban J connectivity index is 1.86. The monoisotopic (exact) mass is 411 g/mol. The maximum absolute atomic E-state index is 12.7. The predicted octanol–water partition coefficient (Wildman–Crippen LogP) is 4.15. The highest BCUT2D eigenvalue weighted by Crippen LogP contribution is 2.48. The largest absolute Gasteiger partial charge is 0.508 e. The van der Waals surface area contributed by atoms with E-state index in [9.17, 15) is 9.90 Å². The van der Waals surface area contributed by atoms with Crippen LogP contribution in [0, 0.1) is 5.92 Å². The van der Waals surface area contributed by atoms with Crippen LogP contribution < -0.4 is 14.9 Å². The van der Waals surface area contributed by atoms with Gasteiger partial charge in [-0.15, -0.1) is 0 Å². The quantitative estimate of drug-likeness (QED) is 0.548. The molecule has 0 amide bonds. The number of aliphatic hydroxyl groups excluding tert-OH is 1. The Bertz CT molecular complexity index is 1040. The van der Waals surface area contributed by atoms with Crippen molar-refractivity contribution in [3.63, 3.8) is 0 Å². The minimum atomic E-state index is -0.225. The summed E-state index contributed by atoms with van der Waals surface area (Å²) in [6.07, 6.45) is 4.16. The number of aromatic nitrogens is 1. The third-order valence-corrected chi connectivity index (χ3v) is 5.98. The molecule has 0 aliphatic carbocycles. The lowest BCUT2D eigenvalue weighted by atomic mass is 9.84. The van der Waals surface area contributed by atoms with Crippen molar-refractivity contribution < 1.29 is 19.3 Å². The zero-order valence-electron chi connectivity index (χ0n) is 17.9. The molecule has 1 aromatic heterocycles. The Kier molecular flexibility index (Phi) is 5.60. The van der Waals surface area contributed by atoms with Crippen molar-refractivity contribution in [2.45, 2.75) is 39.2 Å². The summed E-state index contributed by atoms with van der Waals surface area (Å²) in [4.78, 5) is 12.7. The van der Waals surface area contributed by atoms with E-state index in [2.05, 4.69) is 31.1 Å². The molecule has 2 aromatic rings. The van der Waals surface area contributed by atoms with E-state index < -0.39 is 0 Å². The van der Waals surface area contributed by atoms with Crippen molar-refractivity contribution in [2.24, 2.45) is 5.92 Å². The van der Waals surface area contributed by atoms with Gasteiger partial charge in [-0.05, 0) is 24.0 Å². The maximum atomic E-state index is 12.7. The SMILES string of the molecule is C=C(O)c1cn2c(cc1=O)-c1c(cc(OCCCOC)c3c1CCO3)C[C@H]2C(C)C. The van der Waals surface area contributed by atoms with E-state index in [1.807, 2.05) is 0 Å². The second-order valence-corrected chi connectivity index (χ2v) is 8.32. The van der Waals surface area contributed by atoms with Crippen molar-refractivity contribution in [3.05, 3.63) is 51.8 Å². The van der Waals surface area contributed by atoms with Crippen LogP contribution in [0.25, 0.3) is 17.0 Å². The molecule has 30 heavy (non-hydrogen) atoms. The second kappa shape index (κ2) is 8.19. The van der Waals surface area contributed by atoms with Gasteiger partial charge in [0.2, 0.25) is 0 Å². The van der Waals surface area contributed by atoms with Crippen LogP contribution in [-0.2, 0) is 17.6 Å². The van der Waals surface area contributed by atoms with Crippen LogP contribution >= 0.6 is 0 Å². The van der Waals surface area contributed by atoms with E-state index in [0.29, 0.717) is 25.7 Å². The lowest BCUT2D eigenvalue weighted by Gasteiger charge is -2.34. The zero-order valence-corrected chi connectivity index (χ0v) is 17.9. The number of rotatable bonds is 7. The molecular weight excluding hydrogens is 382 g/mol. The number of pyridine rings is 1. The summed E-state index contributed by atoms with van der Waals surface area (Å²) < 4.78 is 19.2. The Hall–Kier alpha value is -2.73. The first-order valence-electron chi connectivity index (χ1n) is 10.5. The molecule has 160 valence electrons. The first-order chi connectivity index (χ1) is 14.4. The molecule has 0 saturated carbocycles. The lowest BCUT2D eigenvalue weighted by Crippen LogP contribution is -2.27. The third kappa shape index (κ3) is 3.49. The number of hydrogen-bond donors (Lipinski definition) is 1. The van der Waals surface area contributed by atoms with Gasteiger partial charge in [-0.1, -0.05) is 20.4 Å². The molecule has 1 aromatic carbocycles. The molecule has 1 N–H and O–H groups in total. The van der Waals surface area contributed by atoms with Crippen LogP contribution in [0.4, 0.5) is 0 Å². The van der Waals surface area contributed by atoms with Crippen LogP contribution in [-0.4, -0.2) is 36.6 Å². The minimum Gasteiger partial charge on any atom is -0.508 e. The highest BCUT2D eigenvalue weighted by atomic mass is 16.5. The standard InChI is InChI=1S/C24H29NO5/c1-14(2)19-10-16-11-22(29-8-5-7-28-4)24-17(6-9-30-24)23(16)20-12-21(27)18(15(3)26)13-25(19)20/h11-14,19,26H,3,5-10H2,1-2,4H3/t19-/m0/s1. The van der Waals surface area contributed by atoms with Gasteiger partial charge in [0.15, 0.2) is 16.9 Å². The Morgan fingerprint density at radius 2 is 2.17 bits per heavy atom. The first kappa shape index (κ1) is 20.5. The number of nitrogens with zero attached hydrogens (tertiary/aromatic N) is 1. The van der Waals surface area contributed by atoms with Gasteiger partial charge < -0.3 is 23.9 Å². The summed E-state index contributed by atoms with van der Waals surface area (Å²) in [6, 6.07) is 3.86. The molecular formula is C24H29NO5. The Morgan fingerprint density at radius 1 is 1.37 bits per heavy atom. The van der Waals surface area contributed by atoms with E-state index in [4.69, 9.17) is 14.2 Å². The maximum Gasteiger partial charge on any atom is 0.193 e. The average Bonchev–Trinajstić information content (AvgIpc) is 3.19.